The van der Waals surface area contributed by atoms with E-state index in [4.69, 9.17) is 4.74 Å². The number of fused-ring (bicyclic) bond motifs is 1. The van der Waals surface area contributed by atoms with Crippen LogP contribution in [-0.2, 0) is 26.0 Å². The number of pyridine rings is 1. The zero-order valence-corrected chi connectivity index (χ0v) is 12.1. The molecule has 0 aliphatic heterocycles. The van der Waals surface area contributed by atoms with E-state index in [2.05, 4.69) is 0 Å². The molecule has 3 rings (SSSR count). The van der Waals surface area contributed by atoms with Crippen LogP contribution >= 0.6 is 0 Å². The van der Waals surface area contributed by atoms with Gasteiger partial charge in [0.2, 0.25) is 0 Å². The highest BCUT2D eigenvalue weighted by Crippen LogP contribution is 2.24. The molecule has 4 nitrogen and oxygen atoms in total. The van der Waals surface area contributed by atoms with Crippen LogP contribution < -0.4 is 10.3 Å². The third-order valence-electron chi connectivity index (χ3n) is 4.11. The van der Waals surface area contributed by atoms with Crippen molar-refractivity contribution >= 4 is 0 Å². The smallest absolute Gasteiger partial charge is 0.251 e. The van der Waals surface area contributed by atoms with E-state index < -0.39 is 0 Å². The second-order valence-electron chi connectivity index (χ2n) is 5.39. The van der Waals surface area contributed by atoms with Crippen LogP contribution in [0, 0.1) is 0 Å². The highest BCUT2D eigenvalue weighted by Gasteiger charge is 2.17. The zero-order valence-electron chi connectivity index (χ0n) is 12.1. The van der Waals surface area contributed by atoms with Gasteiger partial charge in [-0.25, -0.2) is 0 Å². The summed E-state index contributed by atoms with van der Waals surface area (Å²) in [7, 11) is 1.62. The van der Waals surface area contributed by atoms with Gasteiger partial charge in [0.1, 0.15) is 5.75 Å². The summed E-state index contributed by atoms with van der Waals surface area (Å²) in [5, 5.41) is 9.29. The maximum Gasteiger partial charge on any atom is 0.251 e. The summed E-state index contributed by atoms with van der Waals surface area (Å²) >= 11 is 0. The number of hydrogen-bond acceptors (Lipinski definition) is 3. The minimum absolute atomic E-state index is 0.0151. The van der Waals surface area contributed by atoms with E-state index in [-0.39, 0.29) is 12.2 Å². The molecule has 0 radical (unpaired) electrons. The lowest BCUT2D eigenvalue weighted by molar-refractivity contribution is 0.281. The second-order valence-corrected chi connectivity index (χ2v) is 5.39. The minimum Gasteiger partial charge on any atom is -0.496 e. The van der Waals surface area contributed by atoms with Crippen molar-refractivity contribution in [3.05, 3.63) is 63.1 Å². The highest BCUT2D eigenvalue weighted by atomic mass is 16.5. The first kappa shape index (κ1) is 13.9. The van der Waals surface area contributed by atoms with Crippen molar-refractivity contribution in [3.8, 4) is 5.75 Å². The normalized spacial score (nSPS) is 13.2. The predicted octanol–water partition coefficient (Wildman–Crippen LogP) is 1.89. The van der Waals surface area contributed by atoms with Crippen molar-refractivity contribution in [2.24, 2.45) is 0 Å². The van der Waals surface area contributed by atoms with E-state index in [9.17, 15) is 9.90 Å². The number of aryl methyl sites for hydroxylation is 1. The van der Waals surface area contributed by atoms with Crippen LogP contribution in [0.2, 0.25) is 0 Å². The molecule has 0 saturated carbocycles. The molecule has 0 bridgehead atoms. The fraction of sp³-hybridized carbons (Fsp3) is 0.353. The Hall–Kier alpha value is -2.07. The number of methoxy groups -OCH3 is 1. The third-order valence-corrected chi connectivity index (χ3v) is 4.11. The van der Waals surface area contributed by atoms with E-state index in [0.717, 1.165) is 41.8 Å². The lowest BCUT2D eigenvalue weighted by atomic mass is 10.1. The van der Waals surface area contributed by atoms with Crippen LogP contribution in [0.1, 0.15) is 28.8 Å². The first-order chi connectivity index (χ1) is 10.2. The van der Waals surface area contributed by atoms with Crippen molar-refractivity contribution in [2.45, 2.75) is 32.4 Å². The Balaban J connectivity index is 2.05. The van der Waals surface area contributed by atoms with Crippen LogP contribution in [0.5, 0.6) is 5.75 Å². The molecule has 110 valence electrons. The van der Waals surface area contributed by atoms with Gasteiger partial charge in [0, 0.05) is 17.3 Å². The fourth-order valence-electron chi connectivity index (χ4n) is 3.03. The van der Waals surface area contributed by atoms with Crippen molar-refractivity contribution in [2.75, 3.05) is 7.11 Å². The molecule has 1 heterocycles. The van der Waals surface area contributed by atoms with Crippen LogP contribution in [0.4, 0.5) is 0 Å². The summed E-state index contributed by atoms with van der Waals surface area (Å²) in [5.74, 6) is 0.745. The molecule has 0 unspecified atom stereocenters. The van der Waals surface area contributed by atoms with E-state index in [1.165, 1.54) is 5.56 Å². The van der Waals surface area contributed by atoms with Gasteiger partial charge in [0.25, 0.3) is 5.56 Å². The number of ether oxygens (including phenoxy) is 1. The molecule has 21 heavy (non-hydrogen) atoms. The lowest BCUT2D eigenvalue weighted by Crippen LogP contribution is -2.23. The average Bonchev–Trinajstić information content (AvgIpc) is 2.98. The Labute approximate surface area is 123 Å². The van der Waals surface area contributed by atoms with E-state index >= 15 is 0 Å². The highest BCUT2D eigenvalue weighted by molar-refractivity contribution is 5.38. The fourth-order valence-corrected chi connectivity index (χ4v) is 3.03. The molecule has 0 spiro atoms. The maximum atomic E-state index is 12.2. The lowest BCUT2D eigenvalue weighted by Gasteiger charge is -2.15. The number of benzene rings is 1. The number of aliphatic hydroxyl groups is 1. The Morgan fingerprint density at radius 3 is 2.86 bits per heavy atom. The molecule has 1 aromatic heterocycles. The van der Waals surface area contributed by atoms with Crippen molar-refractivity contribution in [3.63, 3.8) is 0 Å². The number of nitrogens with zero attached hydrogens (tertiary/aromatic N) is 1. The largest absolute Gasteiger partial charge is 0.496 e. The van der Waals surface area contributed by atoms with Gasteiger partial charge in [-0.05, 0) is 42.5 Å². The van der Waals surface area contributed by atoms with Gasteiger partial charge in [-0.2, -0.15) is 0 Å². The van der Waals surface area contributed by atoms with Crippen LogP contribution in [0.3, 0.4) is 0 Å². The van der Waals surface area contributed by atoms with Crippen LogP contribution in [0.15, 0.2) is 35.1 Å². The SMILES string of the molecule is COc1ccc(CO)cc1Cn1c2c(ccc1=O)CCC2. The minimum atomic E-state index is -0.0151. The molecule has 0 saturated heterocycles. The van der Waals surface area contributed by atoms with Gasteiger partial charge in [-0.3, -0.25) is 4.79 Å². The van der Waals surface area contributed by atoms with Crippen LogP contribution in [0.25, 0.3) is 0 Å². The molecular formula is C17H19NO3. The van der Waals surface area contributed by atoms with Crippen molar-refractivity contribution in [1.82, 2.24) is 4.57 Å². The Kier molecular flexibility index (Phi) is 3.80. The van der Waals surface area contributed by atoms with E-state index in [1.807, 2.05) is 28.8 Å². The van der Waals surface area contributed by atoms with Crippen LogP contribution in [-0.4, -0.2) is 16.8 Å². The van der Waals surface area contributed by atoms with Gasteiger partial charge in [-0.1, -0.05) is 12.1 Å². The maximum absolute atomic E-state index is 12.2. The summed E-state index contributed by atoms with van der Waals surface area (Å²) in [6.45, 7) is 0.470. The van der Waals surface area contributed by atoms with Gasteiger partial charge >= 0.3 is 0 Å². The quantitative estimate of drug-likeness (QED) is 0.933. The molecule has 1 aliphatic carbocycles. The monoisotopic (exact) mass is 285 g/mol. The molecule has 2 aromatic rings. The summed E-state index contributed by atoms with van der Waals surface area (Å²) in [6.07, 6.45) is 3.10. The standard InChI is InChI=1S/C17H19NO3/c1-21-16-7-5-12(11-19)9-14(16)10-18-15-4-2-3-13(15)6-8-17(18)20/h5-9,19H,2-4,10-11H2,1H3. The van der Waals surface area contributed by atoms with Gasteiger partial charge in [0.05, 0.1) is 20.3 Å². The molecule has 0 fully saturated rings. The Bertz CT molecular complexity index is 718. The molecule has 1 aromatic carbocycles. The summed E-state index contributed by atoms with van der Waals surface area (Å²) in [5.41, 5.74) is 4.18. The van der Waals surface area contributed by atoms with Gasteiger partial charge in [-0.15, -0.1) is 0 Å². The van der Waals surface area contributed by atoms with Gasteiger partial charge < -0.3 is 14.4 Å². The van der Waals surface area contributed by atoms with Crippen molar-refractivity contribution < 1.29 is 9.84 Å². The first-order valence-corrected chi connectivity index (χ1v) is 7.21. The molecule has 0 atom stereocenters. The third kappa shape index (κ3) is 2.59. The number of hydrogen-bond donors (Lipinski definition) is 1. The second kappa shape index (κ2) is 5.74. The predicted molar refractivity (Wildman–Crippen MR) is 80.7 cm³/mol. The summed E-state index contributed by atoms with van der Waals surface area (Å²) < 4.78 is 7.21. The number of rotatable bonds is 4. The molecular weight excluding hydrogens is 266 g/mol. The molecule has 1 aliphatic rings. The number of aliphatic hydroxyl groups excluding tert-OH is 1. The van der Waals surface area contributed by atoms with E-state index in [0.29, 0.717) is 6.54 Å². The van der Waals surface area contributed by atoms with Crippen molar-refractivity contribution in [1.29, 1.82) is 0 Å². The average molecular weight is 285 g/mol. The molecule has 1 N–H and O–H groups in total. The zero-order chi connectivity index (χ0) is 14.8. The topological polar surface area (TPSA) is 51.5 Å². The summed E-state index contributed by atoms with van der Waals surface area (Å²) in [4.78, 5) is 12.2. The molecule has 4 heteroatoms. The first-order valence-electron chi connectivity index (χ1n) is 7.21. The Morgan fingerprint density at radius 2 is 2.10 bits per heavy atom. The number of aromatic nitrogens is 1. The molecule has 0 amide bonds. The Morgan fingerprint density at radius 1 is 1.24 bits per heavy atom. The summed E-state index contributed by atoms with van der Waals surface area (Å²) in [6, 6.07) is 9.17. The van der Waals surface area contributed by atoms with E-state index in [1.54, 1.807) is 13.2 Å². The van der Waals surface area contributed by atoms with Gasteiger partial charge in [0.15, 0.2) is 0 Å².